The Labute approximate surface area is 185 Å². The minimum Gasteiger partial charge on any atom is -0.494 e. The number of para-hydroxylation sites is 2. The van der Waals surface area contributed by atoms with Gasteiger partial charge in [-0.2, -0.15) is 0 Å². The molecule has 2 aromatic carbocycles. The molecule has 1 atom stereocenters. The van der Waals surface area contributed by atoms with E-state index in [0.29, 0.717) is 13.0 Å². The summed E-state index contributed by atoms with van der Waals surface area (Å²) >= 11 is 0. The maximum Gasteiger partial charge on any atom is 0.223 e. The molecule has 0 N–H and O–H groups in total. The van der Waals surface area contributed by atoms with Gasteiger partial charge in [-0.25, -0.2) is 4.98 Å². The van der Waals surface area contributed by atoms with E-state index in [1.54, 1.807) is 0 Å². The van der Waals surface area contributed by atoms with E-state index < -0.39 is 0 Å². The second-order valence-corrected chi connectivity index (χ2v) is 9.63. The van der Waals surface area contributed by atoms with Gasteiger partial charge in [-0.05, 0) is 76.4 Å². The van der Waals surface area contributed by atoms with Crippen molar-refractivity contribution < 1.29 is 9.53 Å². The molecule has 0 aliphatic carbocycles. The van der Waals surface area contributed by atoms with Crippen molar-refractivity contribution in [1.82, 2.24) is 14.5 Å². The van der Waals surface area contributed by atoms with Crippen LogP contribution in [0, 0.1) is 13.8 Å². The van der Waals surface area contributed by atoms with E-state index >= 15 is 0 Å². The van der Waals surface area contributed by atoms with Crippen LogP contribution in [-0.4, -0.2) is 39.0 Å². The van der Waals surface area contributed by atoms with Crippen LogP contribution in [0.25, 0.3) is 11.0 Å². The summed E-state index contributed by atoms with van der Waals surface area (Å²) < 4.78 is 8.30. The molecule has 0 radical (unpaired) electrons. The first-order valence-electron chi connectivity index (χ1n) is 11.2. The number of imidazole rings is 1. The highest BCUT2D eigenvalue weighted by Gasteiger charge is 2.38. The van der Waals surface area contributed by atoms with Crippen LogP contribution in [0.1, 0.15) is 56.5 Å². The van der Waals surface area contributed by atoms with E-state index in [0.717, 1.165) is 42.1 Å². The number of hydrogen-bond donors (Lipinski definition) is 0. The van der Waals surface area contributed by atoms with Crippen LogP contribution < -0.4 is 4.74 Å². The number of carbonyl (C=O) groups is 1. The SMILES string of the molecule is Cc1ccc(OCCCn2c(C3CC(=O)N(C(C)(C)C)C3)nc3ccccc32)cc1C. The van der Waals surface area contributed by atoms with Gasteiger partial charge >= 0.3 is 0 Å². The Bertz CT molecular complexity index is 1090. The van der Waals surface area contributed by atoms with Crippen molar-refractivity contribution in [3.63, 3.8) is 0 Å². The van der Waals surface area contributed by atoms with Gasteiger partial charge in [0.1, 0.15) is 11.6 Å². The summed E-state index contributed by atoms with van der Waals surface area (Å²) in [5.41, 5.74) is 4.48. The van der Waals surface area contributed by atoms with Gasteiger partial charge < -0.3 is 14.2 Å². The Hall–Kier alpha value is -2.82. The lowest BCUT2D eigenvalue weighted by Gasteiger charge is -2.32. The fraction of sp³-hybridized carbons (Fsp3) is 0.462. The summed E-state index contributed by atoms with van der Waals surface area (Å²) in [4.78, 5) is 19.6. The van der Waals surface area contributed by atoms with E-state index in [-0.39, 0.29) is 17.4 Å². The fourth-order valence-electron chi connectivity index (χ4n) is 4.39. The number of rotatable bonds is 6. The first kappa shape index (κ1) is 21.4. The second-order valence-electron chi connectivity index (χ2n) is 9.63. The number of aromatic nitrogens is 2. The molecule has 4 rings (SSSR count). The highest BCUT2D eigenvalue weighted by atomic mass is 16.5. The van der Waals surface area contributed by atoms with Gasteiger partial charge in [0.2, 0.25) is 5.91 Å². The van der Waals surface area contributed by atoms with Crippen molar-refractivity contribution in [2.75, 3.05) is 13.2 Å². The number of nitrogens with zero attached hydrogens (tertiary/aromatic N) is 3. The molecule has 0 saturated carbocycles. The molecule has 1 aromatic heterocycles. The summed E-state index contributed by atoms with van der Waals surface area (Å²) in [6.45, 7) is 12.7. The third kappa shape index (κ3) is 4.46. The molecule has 1 fully saturated rings. The van der Waals surface area contributed by atoms with Crippen molar-refractivity contribution in [2.24, 2.45) is 0 Å². The fourth-order valence-corrected chi connectivity index (χ4v) is 4.39. The molecule has 1 amide bonds. The smallest absolute Gasteiger partial charge is 0.223 e. The summed E-state index contributed by atoms with van der Waals surface area (Å²) in [5.74, 6) is 2.28. The lowest BCUT2D eigenvalue weighted by molar-refractivity contribution is -0.131. The van der Waals surface area contributed by atoms with Gasteiger partial charge in [0.15, 0.2) is 0 Å². The molecular weight excluding hydrogens is 386 g/mol. The molecule has 3 aromatic rings. The highest BCUT2D eigenvalue weighted by Crippen LogP contribution is 2.34. The van der Waals surface area contributed by atoms with Gasteiger partial charge in [-0.3, -0.25) is 4.79 Å². The number of ether oxygens (including phenoxy) is 1. The third-order valence-electron chi connectivity index (χ3n) is 6.26. The number of benzene rings is 2. The van der Waals surface area contributed by atoms with Crippen LogP contribution in [0.5, 0.6) is 5.75 Å². The minimum absolute atomic E-state index is 0.125. The maximum absolute atomic E-state index is 12.7. The Kier molecular flexibility index (Phi) is 5.78. The first-order chi connectivity index (χ1) is 14.7. The average Bonchev–Trinajstić information content (AvgIpc) is 3.28. The molecule has 1 unspecified atom stereocenters. The van der Waals surface area contributed by atoms with Crippen molar-refractivity contribution in [3.05, 3.63) is 59.4 Å². The van der Waals surface area contributed by atoms with Crippen molar-refractivity contribution >= 4 is 16.9 Å². The molecule has 1 saturated heterocycles. The van der Waals surface area contributed by atoms with Gasteiger partial charge in [0.25, 0.3) is 0 Å². The molecule has 1 aliphatic heterocycles. The number of hydrogen-bond acceptors (Lipinski definition) is 3. The molecule has 0 spiro atoms. The van der Waals surface area contributed by atoms with Gasteiger partial charge in [-0.15, -0.1) is 0 Å². The molecule has 5 nitrogen and oxygen atoms in total. The molecule has 5 heteroatoms. The zero-order valence-electron chi connectivity index (χ0n) is 19.3. The predicted molar refractivity (Wildman–Crippen MR) is 125 cm³/mol. The Morgan fingerprint density at radius 2 is 1.87 bits per heavy atom. The molecular formula is C26H33N3O2. The van der Waals surface area contributed by atoms with E-state index in [4.69, 9.17) is 9.72 Å². The summed E-state index contributed by atoms with van der Waals surface area (Å²) in [7, 11) is 0. The van der Waals surface area contributed by atoms with Crippen molar-refractivity contribution in [2.45, 2.75) is 65.5 Å². The van der Waals surface area contributed by atoms with E-state index in [1.165, 1.54) is 11.1 Å². The maximum atomic E-state index is 12.7. The second kappa shape index (κ2) is 8.37. The molecule has 0 bridgehead atoms. The molecule has 2 heterocycles. The summed E-state index contributed by atoms with van der Waals surface area (Å²) in [6, 6.07) is 14.5. The van der Waals surface area contributed by atoms with Crippen LogP contribution in [-0.2, 0) is 11.3 Å². The lowest BCUT2D eigenvalue weighted by Crippen LogP contribution is -2.42. The summed E-state index contributed by atoms with van der Waals surface area (Å²) in [6.07, 6.45) is 1.41. The van der Waals surface area contributed by atoms with Gasteiger partial charge in [0, 0.05) is 31.0 Å². The van der Waals surface area contributed by atoms with Crippen LogP contribution in [0.15, 0.2) is 42.5 Å². The minimum atomic E-state index is -0.164. The predicted octanol–water partition coefficient (Wildman–Crippen LogP) is 5.24. The van der Waals surface area contributed by atoms with Gasteiger partial charge in [0.05, 0.1) is 17.6 Å². The summed E-state index contributed by atoms with van der Waals surface area (Å²) in [5, 5.41) is 0. The highest BCUT2D eigenvalue weighted by molar-refractivity contribution is 5.81. The molecule has 1 aliphatic rings. The standard InChI is InChI=1S/C26H33N3O2/c1-18-11-12-21(15-19(18)2)31-14-8-13-28-23-10-7-6-9-22(23)27-25(28)20-16-24(30)29(17-20)26(3,4)5/h6-7,9-12,15,20H,8,13-14,16-17H2,1-5H3. The van der Waals surface area contributed by atoms with E-state index in [9.17, 15) is 4.79 Å². The Morgan fingerprint density at radius 3 is 2.58 bits per heavy atom. The lowest BCUT2D eigenvalue weighted by atomic mass is 10.1. The van der Waals surface area contributed by atoms with Crippen LogP contribution in [0.2, 0.25) is 0 Å². The molecule has 31 heavy (non-hydrogen) atoms. The number of fused-ring (bicyclic) bond motifs is 1. The molecule has 164 valence electrons. The zero-order chi connectivity index (χ0) is 22.2. The Balaban J connectivity index is 1.50. The number of amides is 1. The van der Waals surface area contributed by atoms with Crippen molar-refractivity contribution in [3.8, 4) is 5.75 Å². The number of carbonyl (C=O) groups excluding carboxylic acids is 1. The quantitative estimate of drug-likeness (QED) is 0.514. The monoisotopic (exact) mass is 419 g/mol. The normalized spacial score (nSPS) is 17.0. The number of aryl methyl sites for hydroxylation is 3. The van der Waals surface area contributed by atoms with Crippen LogP contribution in [0.4, 0.5) is 0 Å². The largest absolute Gasteiger partial charge is 0.494 e. The third-order valence-corrected chi connectivity index (χ3v) is 6.26. The Morgan fingerprint density at radius 1 is 1.10 bits per heavy atom. The average molecular weight is 420 g/mol. The van der Waals surface area contributed by atoms with Gasteiger partial charge in [-0.1, -0.05) is 18.2 Å². The zero-order valence-corrected chi connectivity index (χ0v) is 19.3. The van der Waals surface area contributed by atoms with E-state index in [2.05, 4.69) is 69.5 Å². The first-order valence-corrected chi connectivity index (χ1v) is 11.2. The van der Waals surface area contributed by atoms with Crippen LogP contribution >= 0.6 is 0 Å². The topological polar surface area (TPSA) is 47.4 Å². The van der Waals surface area contributed by atoms with E-state index in [1.807, 2.05) is 17.0 Å². The van der Waals surface area contributed by atoms with Crippen molar-refractivity contribution in [1.29, 1.82) is 0 Å². The number of likely N-dealkylation sites (tertiary alicyclic amines) is 1. The van der Waals surface area contributed by atoms with Crippen LogP contribution in [0.3, 0.4) is 0 Å².